The first kappa shape index (κ1) is 25.0. The number of alkyl halides is 3. The molecular formula is C10H12ClF2IN2O. The molecule has 0 fully saturated rings. The topological polar surface area (TPSA) is 64.7 Å². The SMILES string of the molecule is C=C(C#N)C(=O)C(F)(F)Cl.C=CC#N.CC.I. The van der Waals surface area contributed by atoms with Gasteiger partial charge in [0.15, 0.2) is 0 Å². The van der Waals surface area contributed by atoms with E-state index >= 15 is 0 Å². The zero-order chi connectivity index (χ0) is 13.8. The van der Waals surface area contributed by atoms with E-state index in [-0.39, 0.29) is 24.0 Å². The Bertz CT molecular complexity index is 327. The second-order valence-electron chi connectivity index (χ2n) is 1.75. The van der Waals surface area contributed by atoms with E-state index in [2.05, 4.69) is 24.8 Å². The molecule has 0 saturated heterocycles. The molecule has 3 nitrogen and oxygen atoms in total. The molecule has 0 saturated carbocycles. The normalized spacial score (nSPS) is 7.24. The van der Waals surface area contributed by atoms with Crippen LogP contribution in [0.15, 0.2) is 24.8 Å². The Hall–Kier alpha value is -0.990. The zero-order valence-corrected chi connectivity index (χ0v) is 12.4. The van der Waals surface area contributed by atoms with Crippen molar-refractivity contribution in [1.82, 2.24) is 0 Å². The van der Waals surface area contributed by atoms with Crippen molar-refractivity contribution in [2.24, 2.45) is 0 Å². The number of Topliss-reactive ketones (excluding diaryl/α,β-unsaturated/α-hetero) is 1. The lowest BCUT2D eigenvalue weighted by Crippen LogP contribution is -2.22. The van der Waals surface area contributed by atoms with Crippen molar-refractivity contribution in [2.45, 2.75) is 19.2 Å². The Balaban J connectivity index is -0.000000103. The van der Waals surface area contributed by atoms with Crippen LogP contribution >= 0.6 is 35.6 Å². The summed E-state index contributed by atoms with van der Waals surface area (Å²) in [5.41, 5.74) is -0.847. The lowest BCUT2D eigenvalue weighted by atomic mass is 10.2. The van der Waals surface area contributed by atoms with Crippen molar-refractivity contribution in [3.8, 4) is 12.1 Å². The molecule has 0 aliphatic rings. The van der Waals surface area contributed by atoms with Gasteiger partial charge in [0.1, 0.15) is 6.07 Å². The number of halogens is 4. The van der Waals surface area contributed by atoms with Gasteiger partial charge in [-0.05, 0) is 11.6 Å². The van der Waals surface area contributed by atoms with E-state index in [4.69, 9.17) is 10.5 Å². The summed E-state index contributed by atoms with van der Waals surface area (Å²) < 4.78 is 23.5. The van der Waals surface area contributed by atoms with Gasteiger partial charge >= 0.3 is 5.38 Å². The van der Waals surface area contributed by atoms with Gasteiger partial charge in [-0.15, -0.1) is 24.0 Å². The van der Waals surface area contributed by atoms with E-state index in [1.165, 1.54) is 6.08 Å². The highest BCUT2D eigenvalue weighted by Gasteiger charge is 2.37. The molecule has 0 bridgehead atoms. The largest absolute Gasteiger partial charge is 0.385 e. The van der Waals surface area contributed by atoms with E-state index in [1.54, 1.807) is 6.07 Å². The first-order valence-corrected chi connectivity index (χ1v) is 4.40. The monoisotopic (exact) mass is 376 g/mol. The van der Waals surface area contributed by atoms with Crippen LogP contribution in [0.4, 0.5) is 8.78 Å². The molecule has 7 heteroatoms. The van der Waals surface area contributed by atoms with Crippen LogP contribution in [0.2, 0.25) is 0 Å². The Morgan fingerprint density at radius 1 is 1.41 bits per heavy atom. The maximum atomic E-state index is 11.8. The van der Waals surface area contributed by atoms with Gasteiger partial charge in [-0.3, -0.25) is 4.79 Å². The van der Waals surface area contributed by atoms with Crippen LogP contribution in [0, 0.1) is 22.7 Å². The predicted molar refractivity (Wildman–Crippen MR) is 73.1 cm³/mol. The summed E-state index contributed by atoms with van der Waals surface area (Å²) in [6, 6.07) is 2.86. The van der Waals surface area contributed by atoms with E-state index in [0.29, 0.717) is 0 Å². The summed E-state index contributed by atoms with van der Waals surface area (Å²) >= 11 is 4.26. The van der Waals surface area contributed by atoms with Gasteiger partial charge < -0.3 is 0 Å². The fourth-order valence-corrected chi connectivity index (χ4v) is 0.336. The van der Waals surface area contributed by atoms with Crippen LogP contribution in [-0.4, -0.2) is 11.2 Å². The summed E-state index contributed by atoms with van der Waals surface area (Å²) in [6.45, 7) is 9.88. The maximum absolute atomic E-state index is 11.8. The fraction of sp³-hybridized carbons (Fsp3) is 0.300. The third kappa shape index (κ3) is 17.6. The first-order valence-electron chi connectivity index (χ1n) is 4.02. The summed E-state index contributed by atoms with van der Waals surface area (Å²) in [4.78, 5) is 10.2. The van der Waals surface area contributed by atoms with E-state index in [1.807, 2.05) is 13.8 Å². The molecule has 0 spiro atoms. The summed E-state index contributed by atoms with van der Waals surface area (Å²) in [5, 5.41) is 11.4. The van der Waals surface area contributed by atoms with Crippen molar-refractivity contribution >= 4 is 41.4 Å². The summed E-state index contributed by atoms with van der Waals surface area (Å²) in [6.07, 6.45) is 1.18. The third-order valence-electron chi connectivity index (χ3n) is 0.758. The molecular weight excluding hydrogens is 364 g/mol. The second kappa shape index (κ2) is 15.0. The smallest absolute Gasteiger partial charge is 0.285 e. The van der Waals surface area contributed by atoms with Gasteiger partial charge in [0, 0.05) is 6.08 Å². The molecule has 0 heterocycles. The van der Waals surface area contributed by atoms with Crippen molar-refractivity contribution < 1.29 is 13.6 Å². The molecule has 0 amide bonds. The summed E-state index contributed by atoms with van der Waals surface area (Å²) in [5.74, 6) is -1.75. The molecule has 96 valence electrons. The number of hydrogen-bond acceptors (Lipinski definition) is 3. The highest BCUT2D eigenvalue weighted by molar-refractivity contribution is 14.0. The Labute approximate surface area is 121 Å². The van der Waals surface area contributed by atoms with Crippen LogP contribution in [0.1, 0.15) is 13.8 Å². The van der Waals surface area contributed by atoms with E-state index in [9.17, 15) is 13.6 Å². The van der Waals surface area contributed by atoms with Gasteiger partial charge in [0.25, 0.3) is 5.78 Å². The molecule has 0 unspecified atom stereocenters. The van der Waals surface area contributed by atoms with Gasteiger partial charge in [-0.1, -0.05) is 27.0 Å². The summed E-state index contributed by atoms with van der Waals surface area (Å²) in [7, 11) is 0. The number of carbonyl (C=O) groups is 1. The highest BCUT2D eigenvalue weighted by atomic mass is 127. The first-order chi connectivity index (χ1) is 7.31. The van der Waals surface area contributed by atoms with Crippen molar-refractivity contribution in [3.05, 3.63) is 24.8 Å². The average molecular weight is 377 g/mol. The maximum Gasteiger partial charge on any atom is 0.385 e. The number of nitriles is 2. The van der Waals surface area contributed by atoms with Crippen molar-refractivity contribution in [2.75, 3.05) is 0 Å². The van der Waals surface area contributed by atoms with Crippen molar-refractivity contribution in [3.63, 3.8) is 0 Å². The van der Waals surface area contributed by atoms with E-state index < -0.39 is 16.7 Å². The molecule has 0 atom stereocenters. The van der Waals surface area contributed by atoms with Crippen LogP contribution in [0.5, 0.6) is 0 Å². The molecule has 0 aliphatic carbocycles. The number of allylic oxidation sites excluding steroid dienone is 2. The van der Waals surface area contributed by atoms with E-state index in [0.717, 1.165) is 6.07 Å². The average Bonchev–Trinajstić information content (AvgIpc) is 2.28. The second-order valence-corrected chi connectivity index (χ2v) is 2.23. The molecule has 0 rings (SSSR count). The lowest BCUT2D eigenvalue weighted by molar-refractivity contribution is -0.128. The minimum Gasteiger partial charge on any atom is -0.285 e. The zero-order valence-electron chi connectivity index (χ0n) is 9.34. The number of hydrogen-bond donors (Lipinski definition) is 0. The number of ketones is 1. The van der Waals surface area contributed by atoms with Gasteiger partial charge in [0.05, 0.1) is 11.6 Å². The minimum atomic E-state index is -4.01. The standard InChI is InChI=1S/C5H2ClF2NO.C3H3N.C2H6.HI/c1-3(2-9)4(10)5(6,7)8;1-2-3-4;1-2;/h1H2;2H,1H2;1-2H3;1H. The van der Waals surface area contributed by atoms with Crippen LogP contribution < -0.4 is 0 Å². The van der Waals surface area contributed by atoms with Crippen molar-refractivity contribution in [1.29, 1.82) is 10.5 Å². The van der Waals surface area contributed by atoms with Crippen LogP contribution in [0.3, 0.4) is 0 Å². The molecule has 0 aliphatic heterocycles. The molecule has 17 heavy (non-hydrogen) atoms. The van der Waals surface area contributed by atoms with Crippen LogP contribution in [0.25, 0.3) is 0 Å². The molecule has 0 N–H and O–H groups in total. The Morgan fingerprint density at radius 2 is 1.71 bits per heavy atom. The van der Waals surface area contributed by atoms with Gasteiger partial charge in [0.2, 0.25) is 0 Å². The Morgan fingerprint density at radius 3 is 1.76 bits per heavy atom. The number of nitrogens with zero attached hydrogens (tertiary/aromatic N) is 2. The molecule has 0 radical (unpaired) electrons. The van der Waals surface area contributed by atoms with Crippen LogP contribution in [-0.2, 0) is 4.79 Å². The fourth-order valence-electron chi connectivity index (χ4n) is 0.222. The number of carbonyl (C=O) groups excluding carboxylic acids is 1. The molecule has 0 aromatic carbocycles. The molecule has 0 aromatic rings. The molecule has 0 aromatic heterocycles. The minimum absolute atomic E-state index is 0. The third-order valence-corrected chi connectivity index (χ3v) is 0.929. The lowest BCUT2D eigenvalue weighted by Gasteiger charge is -2.02. The number of rotatable bonds is 2. The highest BCUT2D eigenvalue weighted by Crippen LogP contribution is 2.22. The predicted octanol–water partition coefficient (Wildman–Crippen LogP) is 3.81. The van der Waals surface area contributed by atoms with Gasteiger partial charge in [-0.25, -0.2) is 0 Å². The Kier molecular flexibility index (Phi) is 22.1. The van der Waals surface area contributed by atoms with Gasteiger partial charge in [-0.2, -0.15) is 19.3 Å². The quantitative estimate of drug-likeness (QED) is 0.319.